The second-order valence-corrected chi connectivity index (χ2v) is 6.80. The monoisotopic (exact) mass is 395 g/mol. The average Bonchev–Trinajstić information content (AvgIpc) is 2.70. The normalized spacial score (nSPS) is 15.3. The number of anilines is 3. The van der Waals surface area contributed by atoms with E-state index in [1.165, 1.54) is 0 Å². The van der Waals surface area contributed by atoms with Gasteiger partial charge in [-0.25, -0.2) is 4.79 Å². The number of carbonyl (C=O) groups excluding carboxylic acids is 3. The minimum Gasteiger partial charge on any atom is -0.462 e. The van der Waals surface area contributed by atoms with Gasteiger partial charge in [-0.1, -0.05) is 18.2 Å². The average molecular weight is 395 g/mol. The summed E-state index contributed by atoms with van der Waals surface area (Å²) in [4.78, 5) is 39.1. The number of amides is 2. The van der Waals surface area contributed by atoms with Crippen LogP contribution < -0.4 is 15.5 Å². The predicted octanol–water partition coefficient (Wildman–Crippen LogP) is 3.35. The van der Waals surface area contributed by atoms with Crippen LogP contribution in [0.4, 0.5) is 17.1 Å². The van der Waals surface area contributed by atoms with E-state index in [2.05, 4.69) is 10.6 Å². The second-order valence-electron chi connectivity index (χ2n) is 6.80. The molecule has 1 heterocycles. The van der Waals surface area contributed by atoms with Gasteiger partial charge in [0.25, 0.3) is 0 Å². The summed E-state index contributed by atoms with van der Waals surface area (Å²) in [6.45, 7) is 6.27. The number of esters is 1. The fourth-order valence-corrected chi connectivity index (χ4v) is 3.35. The lowest BCUT2D eigenvalue weighted by molar-refractivity contribution is -0.123. The van der Waals surface area contributed by atoms with E-state index in [0.717, 1.165) is 11.3 Å². The van der Waals surface area contributed by atoms with Crippen LogP contribution in [0.1, 0.15) is 36.2 Å². The third-order valence-corrected chi connectivity index (χ3v) is 4.82. The zero-order valence-corrected chi connectivity index (χ0v) is 16.8. The van der Waals surface area contributed by atoms with Crippen molar-refractivity contribution in [3.8, 4) is 0 Å². The number of aryl methyl sites for hydroxylation is 1. The van der Waals surface area contributed by atoms with Crippen molar-refractivity contribution in [3.63, 3.8) is 0 Å². The molecule has 1 aliphatic rings. The number of rotatable bonds is 6. The van der Waals surface area contributed by atoms with Gasteiger partial charge in [0.15, 0.2) is 0 Å². The molecule has 2 N–H and O–H groups in total. The highest BCUT2D eigenvalue weighted by molar-refractivity contribution is 6.08. The van der Waals surface area contributed by atoms with E-state index in [1.54, 1.807) is 30.0 Å². The Morgan fingerprint density at radius 1 is 1.17 bits per heavy atom. The molecule has 152 valence electrons. The van der Waals surface area contributed by atoms with Gasteiger partial charge in [-0.3, -0.25) is 9.59 Å². The summed E-state index contributed by atoms with van der Waals surface area (Å²) in [6, 6.07) is 11.8. The molecule has 2 amide bonds. The largest absolute Gasteiger partial charge is 0.462 e. The number of nitrogens with zero attached hydrogens (tertiary/aromatic N) is 1. The molecule has 0 saturated heterocycles. The van der Waals surface area contributed by atoms with Crippen molar-refractivity contribution in [2.45, 2.75) is 33.2 Å². The molecule has 0 radical (unpaired) electrons. The van der Waals surface area contributed by atoms with Crippen molar-refractivity contribution in [1.82, 2.24) is 0 Å². The molecular formula is C22H25N3O4. The number of para-hydroxylation sites is 1. The molecule has 0 fully saturated rings. The first-order valence-corrected chi connectivity index (χ1v) is 9.69. The molecular weight excluding hydrogens is 370 g/mol. The highest BCUT2D eigenvalue weighted by Crippen LogP contribution is 2.33. The SMILES string of the molecule is CCOC(=O)c1ccc2c(c1)NC(CC(=O)Nc1ccccc1C)C(=O)N2CC. The van der Waals surface area contributed by atoms with Gasteiger partial charge in [-0.05, 0) is 50.6 Å². The Hall–Kier alpha value is -3.35. The molecule has 1 unspecified atom stereocenters. The molecule has 3 rings (SSSR count). The number of carbonyl (C=O) groups is 3. The van der Waals surface area contributed by atoms with Crippen LogP contribution in [0.5, 0.6) is 0 Å². The van der Waals surface area contributed by atoms with E-state index in [0.29, 0.717) is 23.5 Å². The van der Waals surface area contributed by atoms with E-state index >= 15 is 0 Å². The summed E-state index contributed by atoms with van der Waals surface area (Å²) in [5.74, 6) is -0.860. The summed E-state index contributed by atoms with van der Waals surface area (Å²) in [5.41, 5.74) is 3.37. The van der Waals surface area contributed by atoms with Gasteiger partial charge in [0, 0.05) is 12.2 Å². The van der Waals surface area contributed by atoms with Crippen molar-refractivity contribution in [1.29, 1.82) is 0 Å². The van der Waals surface area contributed by atoms with Crippen LogP contribution >= 0.6 is 0 Å². The van der Waals surface area contributed by atoms with E-state index in [-0.39, 0.29) is 24.8 Å². The number of hydrogen-bond acceptors (Lipinski definition) is 5. The highest BCUT2D eigenvalue weighted by Gasteiger charge is 2.33. The van der Waals surface area contributed by atoms with E-state index in [1.807, 2.05) is 38.1 Å². The maximum absolute atomic E-state index is 12.9. The fourth-order valence-electron chi connectivity index (χ4n) is 3.35. The number of ether oxygens (including phenoxy) is 1. The van der Waals surface area contributed by atoms with Gasteiger partial charge in [-0.15, -0.1) is 0 Å². The zero-order valence-electron chi connectivity index (χ0n) is 16.8. The molecule has 0 aromatic heterocycles. The topological polar surface area (TPSA) is 87.7 Å². The minimum atomic E-state index is -0.719. The molecule has 29 heavy (non-hydrogen) atoms. The summed E-state index contributed by atoms with van der Waals surface area (Å²) in [6.07, 6.45) is -0.0211. The van der Waals surface area contributed by atoms with Crippen LogP contribution in [0, 0.1) is 6.92 Å². The maximum atomic E-state index is 12.9. The predicted molar refractivity (Wildman–Crippen MR) is 112 cm³/mol. The third-order valence-electron chi connectivity index (χ3n) is 4.82. The quantitative estimate of drug-likeness (QED) is 0.733. The maximum Gasteiger partial charge on any atom is 0.338 e. The Bertz CT molecular complexity index is 941. The van der Waals surface area contributed by atoms with Gasteiger partial charge < -0.3 is 20.3 Å². The summed E-state index contributed by atoms with van der Waals surface area (Å²) >= 11 is 0. The minimum absolute atomic E-state index is 0.0211. The Morgan fingerprint density at radius 2 is 1.93 bits per heavy atom. The van der Waals surface area contributed by atoms with Crippen molar-refractivity contribution in [2.75, 3.05) is 28.7 Å². The lowest BCUT2D eigenvalue weighted by atomic mass is 10.0. The molecule has 1 atom stereocenters. The van der Waals surface area contributed by atoms with Crippen molar-refractivity contribution < 1.29 is 19.1 Å². The number of likely N-dealkylation sites (N-methyl/N-ethyl adjacent to an activating group) is 1. The van der Waals surface area contributed by atoms with Gasteiger partial charge in [-0.2, -0.15) is 0 Å². The van der Waals surface area contributed by atoms with Crippen molar-refractivity contribution >= 4 is 34.8 Å². The van der Waals surface area contributed by atoms with Crippen molar-refractivity contribution in [2.24, 2.45) is 0 Å². The molecule has 1 aliphatic heterocycles. The van der Waals surface area contributed by atoms with Gasteiger partial charge in [0.05, 0.1) is 30.0 Å². The molecule has 0 saturated carbocycles. The fraction of sp³-hybridized carbons (Fsp3) is 0.318. The summed E-state index contributed by atoms with van der Waals surface area (Å²) < 4.78 is 5.05. The van der Waals surface area contributed by atoms with Crippen LogP contribution in [0.3, 0.4) is 0 Å². The Kier molecular flexibility index (Phi) is 6.16. The van der Waals surface area contributed by atoms with E-state index in [4.69, 9.17) is 4.74 Å². The Labute approximate surface area is 170 Å². The summed E-state index contributed by atoms with van der Waals surface area (Å²) in [7, 11) is 0. The molecule has 2 aromatic rings. The first-order valence-electron chi connectivity index (χ1n) is 9.69. The lowest BCUT2D eigenvalue weighted by Crippen LogP contribution is -2.48. The van der Waals surface area contributed by atoms with Crippen LogP contribution in [-0.4, -0.2) is 37.0 Å². The van der Waals surface area contributed by atoms with E-state index in [9.17, 15) is 14.4 Å². The van der Waals surface area contributed by atoms with Crippen LogP contribution in [0.2, 0.25) is 0 Å². The molecule has 2 aromatic carbocycles. The first kappa shape index (κ1) is 20.4. The van der Waals surface area contributed by atoms with Gasteiger partial charge in [0.2, 0.25) is 11.8 Å². The Balaban J connectivity index is 1.80. The van der Waals surface area contributed by atoms with Crippen LogP contribution in [0.25, 0.3) is 0 Å². The molecule has 0 spiro atoms. The van der Waals surface area contributed by atoms with Crippen LogP contribution in [-0.2, 0) is 14.3 Å². The highest BCUT2D eigenvalue weighted by atomic mass is 16.5. The van der Waals surface area contributed by atoms with Crippen LogP contribution in [0.15, 0.2) is 42.5 Å². The Morgan fingerprint density at radius 3 is 2.62 bits per heavy atom. The molecule has 0 bridgehead atoms. The zero-order chi connectivity index (χ0) is 21.0. The van der Waals surface area contributed by atoms with Gasteiger partial charge in [0.1, 0.15) is 6.04 Å². The number of nitrogens with one attached hydrogen (secondary N) is 2. The third kappa shape index (κ3) is 4.39. The van der Waals surface area contributed by atoms with Crippen molar-refractivity contribution in [3.05, 3.63) is 53.6 Å². The standard InChI is InChI=1S/C22H25N3O4/c1-4-25-19-11-10-15(22(28)29-5-2)12-17(19)23-18(21(25)27)13-20(26)24-16-9-7-6-8-14(16)3/h6-12,18,23H,4-5,13H2,1-3H3,(H,24,26). The van der Waals surface area contributed by atoms with Gasteiger partial charge >= 0.3 is 5.97 Å². The molecule has 7 nitrogen and oxygen atoms in total. The lowest BCUT2D eigenvalue weighted by Gasteiger charge is -2.34. The molecule has 0 aliphatic carbocycles. The number of fused-ring (bicyclic) bond motifs is 1. The smallest absolute Gasteiger partial charge is 0.338 e. The molecule has 7 heteroatoms. The number of benzene rings is 2. The second kappa shape index (κ2) is 8.77. The summed E-state index contributed by atoms with van der Waals surface area (Å²) in [5, 5.41) is 5.98. The van der Waals surface area contributed by atoms with E-state index < -0.39 is 12.0 Å². The number of hydrogen-bond donors (Lipinski definition) is 2. The first-order chi connectivity index (χ1) is 13.9.